The van der Waals surface area contributed by atoms with Gasteiger partial charge >= 0.3 is 5.97 Å². The Hall–Kier alpha value is -2.24. The summed E-state index contributed by atoms with van der Waals surface area (Å²) in [5.74, 6) is 1.02. The van der Waals surface area contributed by atoms with Gasteiger partial charge in [-0.25, -0.2) is 0 Å². The van der Waals surface area contributed by atoms with E-state index in [4.69, 9.17) is 14.2 Å². The van der Waals surface area contributed by atoms with E-state index in [1.165, 1.54) is 0 Å². The molecule has 2 rings (SSSR count). The van der Waals surface area contributed by atoms with E-state index in [1.54, 1.807) is 18.9 Å². The minimum absolute atomic E-state index is 0.102. The van der Waals surface area contributed by atoms with Crippen LogP contribution >= 0.6 is 0 Å². The maximum Gasteiger partial charge on any atom is 0.306 e. The summed E-state index contributed by atoms with van der Waals surface area (Å²) in [6.07, 6.45) is 2.10. The molecule has 6 heteroatoms. The summed E-state index contributed by atoms with van der Waals surface area (Å²) in [6, 6.07) is 7.26. The van der Waals surface area contributed by atoms with E-state index in [0.29, 0.717) is 13.0 Å². The fourth-order valence-electron chi connectivity index (χ4n) is 2.58. The molecule has 0 aromatic heterocycles. The third-order valence-corrected chi connectivity index (χ3v) is 3.93. The highest BCUT2D eigenvalue weighted by atomic mass is 16.5. The Morgan fingerprint density at radius 1 is 1.12 bits per heavy atom. The van der Waals surface area contributed by atoms with Crippen molar-refractivity contribution in [1.29, 1.82) is 0 Å². The number of amides is 1. The number of likely N-dealkylation sites (tertiary alicyclic amines) is 1. The van der Waals surface area contributed by atoms with Crippen molar-refractivity contribution in [2.24, 2.45) is 0 Å². The number of hydrogen-bond acceptors (Lipinski definition) is 5. The van der Waals surface area contributed by atoms with Gasteiger partial charge in [-0.1, -0.05) is 0 Å². The smallest absolute Gasteiger partial charge is 0.306 e. The van der Waals surface area contributed by atoms with Gasteiger partial charge in [0.25, 0.3) is 5.91 Å². The number of benzene rings is 1. The Labute approximate surface area is 142 Å². The van der Waals surface area contributed by atoms with E-state index in [-0.39, 0.29) is 18.3 Å². The fraction of sp³-hybridized carbons (Fsp3) is 0.556. The zero-order valence-electron chi connectivity index (χ0n) is 14.3. The fourth-order valence-corrected chi connectivity index (χ4v) is 2.58. The zero-order chi connectivity index (χ0) is 17.4. The quantitative estimate of drug-likeness (QED) is 0.539. The highest BCUT2D eigenvalue weighted by Gasteiger charge is 2.25. The Bertz CT molecular complexity index is 537. The molecule has 1 aliphatic rings. The van der Waals surface area contributed by atoms with Gasteiger partial charge in [-0.05, 0) is 50.5 Å². The molecule has 0 bridgehead atoms. The van der Waals surface area contributed by atoms with Gasteiger partial charge in [0, 0.05) is 19.5 Å². The number of methoxy groups -OCH3 is 1. The first kappa shape index (κ1) is 18.1. The van der Waals surface area contributed by atoms with E-state index < -0.39 is 6.10 Å². The molecule has 24 heavy (non-hydrogen) atoms. The topological polar surface area (TPSA) is 65.1 Å². The molecule has 1 unspecified atom stereocenters. The van der Waals surface area contributed by atoms with E-state index in [2.05, 4.69) is 0 Å². The van der Waals surface area contributed by atoms with E-state index in [0.717, 1.165) is 37.4 Å². The molecule has 0 aliphatic carbocycles. The number of esters is 1. The Morgan fingerprint density at radius 3 is 2.38 bits per heavy atom. The van der Waals surface area contributed by atoms with Crippen LogP contribution in [0.2, 0.25) is 0 Å². The van der Waals surface area contributed by atoms with Crippen LogP contribution in [-0.2, 0) is 14.3 Å². The van der Waals surface area contributed by atoms with Gasteiger partial charge in [0.15, 0.2) is 6.10 Å². The SMILES string of the molecule is COc1ccc(OCCCC(=O)OC(C)C(=O)N2CCCC2)cc1. The molecule has 1 saturated heterocycles. The van der Waals surface area contributed by atoms with Crippen molar-refractivity contribution in [2.45, 2.75) is 38.7 Å². The van der Waals surface area contributed by atoms with Crippen LogP contribution in [0.25, 0.3) is 0 Å². The van der Waals surface area contributed by atoms with Gasteiger partial charge in [0.05, 0.1) is 13.7 Å². The second kappa shape index (κ2) is 9.15. The maximum atomic E-state index is 12.1. The van der Waals surface area contributed by atoms with Crippen molar-refractivity contribution in [3.05, 3.63) is 24.3 Å². The van der Waals surface area contributed by atoms with Crippen LogP contribution in [0.3, 0.4) is 0 Å². The lowest BCUT2D eigenvalue weighted by atomic mass is 10.3. The molecule has 0 spiro atoms. The lowest BCUT2D eigenvalue weighted by Gasteiger charge is -2.20. The standard InChI is InChI=1S/C18H25NO5/c1-14(18(21)19-11-3-4-12-19)24-17(20)6-5-13-23-16-9-7-15(22-2)8-10-16/h7-10,14H,3-6,11-13H2,1-2H3. The molecule has 1 aromatic carbocycles. The molecule has 0 N–H and O–H groups in total. The number of hydrogen-bond donors (Lipinski definition) is 0. The molecule has 1 aromatic rings. The van der Waals surface area contributed by atoms with Gasteiger partial charge in [0.1, 0.15) is 11.5 Å². The summed E-state index contributed by atoms with van der Waals surface area (Å²) in [6.45, 7) is 3.56. The third kappa shape index (κ3) is 5.44. The first-order valence-corrected chi connectivity index (χ1v) is 8.35. The average Bonchev–Trinajstić information content (AvgIpc) is 3.13. The number of carbonyl (C=O) groups excluding carboxylic acids is 2. The lowest BCUT2D eigenvalue weighted by molar-refractivity contribution is -0.158. The third-order valence-electron chi connectivity index (χ3n) is 3.93. The predicted molar refractivity (Wildman–Crippen MR) is 89.1 cm³/mol. The molecule has 1 aliphatic heterocycles. The van der Waals surface area contributed by atoms with Crippen molar-refractivity contribution in [3.8, 4) is 11.5 Å². The monoisotopic (exact) mass is 335 g/mol. The first-order valence-electron chi connectivity index (χ1n) is 8.35. The van der Waals surface area contributed by atoms with Crippen LogP contribution in [0.4, 0.5) is 0 Å². The maximum absolute atomic E-state index is 12.1. The van der Waals surface area contributed by atoms with Gasteiger partial charge in [0.2, 0.25) is 0 Å². The molecule has 132 valence electrons. The van der Waals surface area contributed by atoms with Gasteiger partial charge in [-0.15, -0.1) is 0 Å². The summed E-state index contributed by atoms with van der Waals surface area (Å²) in [7, 11) is 1.61. The van der Waals surface area contributed by atoms with Gasteiger partial charge < -0.3 is 19.1 Å². The van der Waals surface area contributed by atoms with Crippen molar-refractivity contribution in [2.75, 3.05) is 26.8 Å². The second-order valence-electron chi connectivity index (χ2n) is 5.79. The molecule has 1 atom stereocenters. The Morgan fingerprint density at radius 2 is 1.75 bits per heavy atom. The largest absolute Gasteiger partial charge is 0.497 e. The van der Waals surface area contributed by atoms with Crippen LogP contribution in [-0.4, -0.2) is 49.7 Å². The van der Waals surface area contributed by atoms with Crippen LogP contribution in [0.5, 0.6) is 11.5 Å². The zero-order valence-corrected chi connectivity index (χ0v) is 14.3. The van der Waals surface area contributed by atoms with Crippen LogP contribution < -0.4 is 9.47 Å². The number of ether oxygens (including phenoxy) is 3. The highest BCUT2D eigenvalue weighted by molar-refractivity contribution is 5.83. The summed E-state index contributed by atoms with van der Waals surface area (Å²) in [5, 5.41) is 0. The number of carbonyl (C=O) groups is 2. The lowest BCUT2D eigenvalue weighted by Crippen LogP contribution is -2.38. The highest BCUT2D eigenvalue weighted by Crippen LogP contribution is 2.17. The van der Waals surface area contributed by atoms with Crippen molar-refractivity contribution >= 4 is 11.9 Å². The van der Waals surface area contributed by atoms with E-state index >= 15 is 0 Å². The number of rotatable bonds is 8. The Kier molecular flexibility index (Phi) is 6.90. The minimum atomic E-state index is -0.710. The summed E-state index contributed by atoms with van der Waals surface area (Å²) < 4.78 is 15.8. The molecule has 1 heterocycles. The molecule has 1 amide bonds. The van der Waals surface area contributed by atoms with Crippen LogP contribution in [0, 0.1) is 0 Å². The van der Waals surface area contributed by atoms with E-state index in [1.807, 2.05) is 24.3 Å². The van der Waals surface area contributed by atoms with Gasteiger partial charge in [-0.3, -0.25) is 9.59 Å². The van der Waals surface area contributed by atoms with Crippen molar-refractivity contribution in [3.63, 3.8) is 0 Å². The second-order valence-corrected chi connectivity index (χ2v) is 5.79. The average molecular weight is 335 g/mol. The molecule has 0 saturated carbocycles. The molecule has 1 fully saturated rings. The minimum Gasteiger partial charge on any atom is -0.497 e. The summed E-state index contributed by atoms with van der Waals surface area (Å²) in [4.78, 5) is 25.6. The van der Waals surface area contributed by atoms with Crippen LogP contribution in [0.15, 0.2) is 24.3 Å². The molecule has 6 nitrogen and oxygen atoms in total. The van der Waals surface area contributed by atoms with Gasteiger partial charge in [-0.2, -0.15) is 0 Å². The van der Waals surface area contributed by atoms with Crippen molar-refractivity contribution in [1.82, 2.24) is 4.90 Å². The predicted octanol–water partition coefficient (Wildman–Crippen LogP) is 2.41. The molecular formula is C18H25NO5. The van der Waals surface area contributed by atoms with Crippen molar-refractivity contribution < 1.29 is 23.8 Å². The first-order chi connectivity index (χ1) is 11.6. The number of nitrogens with zero attached hydrogens (tertiary/aromatic N) is 1. The summed E-state index contributed by atoms with van der Waals surface area (Å²) in [5.41, 5.74) is 0. The normalized spacial score (nSPS) is 15.0. The molecule has 0 radical (unpaired) electrons. The molecular weight excluding hydrogens is 310 g/mol. The van der Waals surface area contributed by atoms with Crippen LogP contribution in [0.1, 0.15) is 32.6 Å². The Balaban J connectivity index is 1.62. The van der Waals surface area contributed by atoms with E-state index in [9.17, 15) is 9.59 Å². The summed E-state index contributed by atoms with van der Waals surface area (Å²) >= 11 is 0.